The number of amides is 1. The number of anilines is 2. The first kappa shape index (κ1) is 24.9. The molecule has 5 rings (SSSR count). The second-order valence-electron chi connectivity index (χ2n) is 9.38. The average Bonchev–Trinajstić information content (AvgIpc) is 3.35. The molecule has 0 saturated carbocycles. The Hall–Kier alpha value is -3.77. The van der Waals surface area contributed by atoms with E-state index in [0.717, 1.165) is 27.7 Å². The van der Waals surface area contributed by atoms with Gasteiger partial charge in [-0.1, -0.05) is 0 Å². The van der Waals surface area contributed by atoms with E-state index in [1.807, 2.05) is 0 Å². The smallest absolute Gasteiger partial charge is 0.367 e. The highest BCUT2D eigenvalue weighted by atomic mass is 19.4. The summed E-state index contributed by atoms with van der Waals surface area (Å²) < 4.78 is 68.6. The zero-order chi connectivity index (χ0) is 26.5. The van der Waals surface area contributed by atoms with Crippen molar-refractivity contribution < 1.29 is 26.7 Å². The molecule has 4 heterocycles. The Morgan fingerprint density at radius 2 is 1.73 bits per heavy atom. The van der Waals surface area contributed by atoms with E-state index in [0.29, 0.717) is 57.1 Å². The van der Waals surface area contributed by atoms with Gasteiger partial charge in [0, 0.05) is 50.6 Å². The van der Waals surface area contributed by atoms with Crippen LogP contribution in [0.3, 0.4) is 0 Å². The standard InChI is InChI=1S/C24H23F5N6O2/c1-32-22(37)19(12-20(31-32)34-14-15(13-30-34)24(27,28)29)33-9-7-23(8-10-33)6-2-3-21(36)35(23)16-4-5-17(25)18(26)11-16/h4-5,11-14H,2-3,6-10H2,1H3. The number of rotatable bonds is 3. The molecule has 1 spiro atoms. The Kier molecular flexibility index (Phi) is 6.03. The fraction of sp³-hybridized carbons (Fsp3) is 0.417. The molecule has 2 saturated heterocycles. The Morgan fingerprint density at radius 1 is 1.00 bits per heavy atom. The van der Waals surface area contributed by atoms with Crippen LogP contribution in [0.4, 0.5) is 33.3 Å². The summed E-state index contributed by atoms with van der Waals surface area (Å²) in [6, 6.07) is 4.81. The third-order valence-corrected chi connectivity index (χ3v) is 7.13. The van der Waals surface area contributed by atoms with Gasteiger partial charge in [-0.3, -0.25) is 9.59 Å². The predicted octanol–water partition coefficient (Wildman–Crippen LogP) is 3.82. The molecule has 196 valence electrons. The second kappa shape index (κ2) is 8.96. The molecule has 1 aromatic carbocycles. The summed E-state index contributed by atoms with van der Waals surface area (Å²) in [6.07, 6.45) is -0.557. The summed E-state index contributed by atoms with van der Waals surface area (Å²) >= 11 is 0. The number of carbonyl (C=O) groups is 1. The van der Waals surface area contributed by atoms with Crippen molar-refractivity contribution in [3.8, 4) is 5.82 Å². The molecule has 0 radical (unpaired) electrons. The summed E-state index contributed by atoms with van der Waals surface area (Å²) in [5.74, 6) is -2.17. The number of piperidine rings is 2. The normalized spacial score (nSPS) is 18.1. The van der Waals surface area contributed by atoms with Gasteiger partial charge in [0.05, 0.1) is 17.3 Å². The summed E-state index contributed by atoms with van der Waals surface area (Å²) in [5.41, 5.74) is -1.46. The van der Waals surface area contributed by atoms with Gasteiger partial charge in [0.25, 0.3) is 5.56 Å². The van der Waals surface area contributed by atoms with Gasteiger partial charge in [-0.05, 0) is 37.8 Å². The molecular formula is C24H23F5N6O2. The fourth-order valence-corrected chi connectivity index (χ4v) is 5.25. The zero-order valence-corrected chi connectivity index (χ0v) is 19.8. The average molecular weight is 522 g/mol. The van der Waals surface area contributed by atoms with Crippen LogP contribution in [0, 0.1) is 11.6 Å². The van der Waals surface area contributed by atoms with Gasteiger partial charge in [0.15, 0.2) is 17.5 Å². The van der Waals surface area contributed by atoms with Gasteiger partial charge in [0.2, 0.25) is 5.91 Å². The minimum atomic E-state index is -4.57. The van der Waals surface area contributed by atoms with Crippen LogP contribution in [-0.4, -0.2) is 44.1 Å². The number of nitrogens with zero attached hydrogens (tertiary/aromatic N) is 6. The Morgan fingerprint density at radius 3 is 2.38 bits per heavy atom. The Labute approximate surface area is 207 Å². The van der Waals surface area contributed by atoms with Crippen LogP contribution in [0.25, 0.3) is 5.82 Å². The summed E-state index contributed by atoms with van der Waals surface area (Å²) in [6.45, 7) is 0.720. The lowest BCUT2D eigenvalue weighted by molar-refractivity contribution is -0.137. The van der Waals surface area contributed by atoms with Crippen LogP contribution < -0.4 is 15.4 Å². The molecule has 2 aromatic heterocycles. The summed E-state index contributed by atoms with van der Waals surface area (Å²) in [4.78, 5) is 29.2. The fourth-order valence-electron chi connectivity index (χ4n) is 5.25. The molecule has 2 aliphatic rings. The number of halogens is 5. The number of carbonyl (C=O) groups excluding carboxylic acids is 1. The molecule has 37 heavy (non-hydrogen) atoms. The van der Waals surface area contributed by atoms with E-state index in [1.54, 1.807) is 9.80 Å². The minimum Gasteiger partial charge on any atom is -0.367 e. The van der Waals surface area contributed by atoms with Gasteiger partial charge in [-0.15, -0.1) is 5.10 Å². The van der Waals surface area contributed by atoms with Crippen LogP contribution in [-0.2, 0) is 18.0 Å². The van der Waals surface area contributed by atoms with Crippen LogP contribution in [0.1, 0.15) is 37.7 Å². The molecule has 0 bridgehead atoms. The number of hydrogen-bond donors (Lipinski definition) is 0. The highest BCUT2D eigenvalue weighted by molar-refractivity contribution is 5.95. The molecule has 2 aliphatic heterocycles. The lowest BCUT2D eigenvalue weighted by Crippen LogP contribution is -2.60. The van der Waals surface area contributed by atoms with Crippen LogP contribution in [0.2, 0.25) is 0 Å². The number of aryl methyl sites for hydroxylation is 1. The van der Waals surface area contributed by atoms with Crippen LogP contribution >= 0.6 is 0 Å². The van der Waals surface area contributed by atoms with Crippen molar-refractivity contribution in [3.05, 3.63) is 64.2 Å². The van der Waals surface area contributed by atoms with E-state index in [2.05, 4.69) is 10.2 Å². The maximum Gasteiger partial charge on any atom is 0.419 e. The summed E-state index contributed by atoms with van der Waals surface area (Å²) in [5, 5.41) is 7.79. The van der Waals surface area contributed by atoms with Crippen molar-refractivity contribution in [1.29, 1.82) is 0 Å². The van der Waals surface area contributed by atoms with E-state index in [1.165, 1.54) is 19.2 Å². The largest absolute Gasteiger partial charge is 0.419 e. The number of benzene rings is 1. The van der Waals surface area contributed by atoms with E-state index in [9.17, 15) is 31.5 Å². The van der Waals surface area contributed by atoms with Gasteiger partial charge in [0.1, 0.15) is 5.69 Å². The molecule has 13 heteroatoms. The molecule has 0 N–H and O–H groups in total. The van der Waals surface area contributed by atoms with Crippen molar-refractivity contribution in [2.45, 2.75) is 43.8 Å². The topological polar surface area (TPSA) is 76.3 Å². The highest BCUT2D eigenvalue weighted by Gasteiger charge is 2.45. The lowest BCUT2D eigenvalue weighted by atomic mass is 9.77. The van der Waals surface area contributed by atoms with Gasteiger partial charge >= 0.3 is 6.18 Å². The van der Waals surface area contributed by atoms with E-state index < -0.39 is 34.5 Å². The van der Waals surface area contributed by atoms with Crippen molar-refractivity contribution in [2.24, 2.45) is 7.05 Å². The van der Waals surface area contributed by atoms with Crippen LogP contribution in [0.5, 0.6) is 0 Å². The minimum absolute atomic E-state index is 0.0455. The molecule has 3 aromatic rings. The van der Waals surface area contributed by atoms with Crippen molar-refractivity contribution >= 4 is 17.3 Å². The third-order valence-electron chi connectivity index (χ3n) is 7.13. The molecule has 1 amide bonds. The first-order valence-electron chi connectivity index (χ1n) is 11.7. The van der Waals surface area contributed by atoms with E-state index >= 15 is 0 Å². The number of aromatic nitrogens is 4. The third kappa shape index (κ3) is 4.46. The van der Waals surface area contributed by atoms with Crippen LogP contribution in [0.15, 0.2) is 41.5 Å². The van der Waals surface area contributed by atoms with Crippen molar-refractivity contribution in [1.82, 2.24) is 19.6 Å². The number of hydrogen-bond acceptors (Lipinski definition) is 5. The molecular weight excluding hydrogens is 499 g/mol. The first-order chi connectivity index (χ1) is 17.5. The van der Waals surface area contributed by atoms with Gasteiger partial charge in [-0.25, -0.2) is 18.1 Å². The highest BCUT2D eigenvalue weighted by Crippen LogP contribution is 2.42. The van der Waals surface area contributed by atoms with Crippen molar-refractivity contribution in [2.75, 3.05) is 22.9 Å². The number of alkyl halides is 3. The Balaban J connectivity index is 1.43. The first-order valence-corrected chi connectivity index (χ1v) is 11.7. The summed E-state index contributed by atoms with van der Waals surface area (Å²) in [7, 11) is 1.40. The molecule has 0 unspecified atom stereocenters. The maximum atomic E-state index is 14.0. The van der Waals surface area contributed by atoms with E-state index in [4.69, 9.17) is 0 Å². The predicted molar refractivity (Wildman–Crippen MR) is 123 cm³/mol. The lowest BCUT2D eigenvalue weighted by Gasteiger charge is -2.51. The second-order valence-corrected chi connectivity index (χ2v) is 9.38. The quantitative estimate of drug-likeness (QED) is 0.489. The SMILES string of the molecule is Cn1nc(-n2cc(C(F)(F)F)cn2)cc(N2CCC3(CCCC(=O)N3c3ccc(F)c(F)c3)CC2)c1=O. The monoisotopic (exact) mass is 522 g/mol. The Bertz CT molecular complexity index is 1410. The molecule has 0 aliphatic carbocycles. The van der Waals surface area contributed by atoms with Gasteiger partial charge < -0.3 is 9.80 Å². The van der Waals surface area contributed by atoms with E-state index in [-0.39, 0.29) is 17.4 Å². The molecule has 8 nitrogen and oxygen atoms in total. The van der Waals surface area contributed by atoms with Gasteiger partial charge in [-0.2, -0.15) is 18.3 Å². The maximum absolute atomic E-state index is 14.0. The zero-order valence-electron chi connectivity index (χ0n) is 19.8. The molecule has 2 fully saturated rings. The molecule has 0 atom stereocenters. The van der Waals surface area contributed by atoms with Crippen molar-refractivity contribution in [3.63, 3.8) is 0 Å².